The van der Waals surface area contributed by atoms with Gasteiger partial charge in [0.15, 0.2) is 0 Å². The minimum absolute atomic E-state index is 0.150. The maximum Gasteiger partial charge on any atom is 0.269 e. The molecule has 1 saturated heterocycles. The summed E-state index contributed by atoms with van der Waals surface area (Å²) in [6.07, 6.45) is 3.92. The van der Waals surface area contributed by atoms with Gasteiger partial charge in [-0.1, -0.05) is 6.07 Å². The van der Waals surface area contributed by atoms with Gasteiger partial charge in [0.1, 0.15) is 17.8 Å². The largest absolute Gasteiger partial charge is 0.354 e. The van der Waals surface area contributed by atoms with E-state index in [1.54, 1.807) is 30.1 Å². The summed E-state index contributed by atoms with van der Waals surface area (Å²) in [4.78, 5) is 34.3. The van der Waals surface area contributed by atoms with E-state index in [0.29, 0.717) is 30.8 Å². The zero-order valence-electron chi connectivity index (χ0n) is 14.6. The van der Waals surface area contributed by atoms with E-state index in [4.69, 9.17) is 0 Å². The number of aromatic nitrogens is 2. The number of rotatable bonds is 4. The number of piperidine rings is 1. The summed E-state index contributed by atoms with van der Waals surface area (Å²) in [5.74, 6) is -0.566. The van der Waals surface area contributed by atoms with Gasteiger partial charge in [-0.25, -0.2) is 14.4 Å². The molecule has 1 atom stereocenters. The van der Waals surface area contributed by atoms with E-state index >= 15 is 0 Å². The molecule has 2 heterocycles. The molecular formula is C19H21FN4O2. The minimum Gasteiger partial charge on any atom is -0.354 e. The van der Waals surface area contributed by atoms with Crippen LogP contribution in [0.1, 0.15) is 39.4 Å². The van der Waals surface area contributed by atoms with Gasteiger partial charge in [0.2, 0.25) is 0 Å². The molecule has 1 unspecified atom stereocenters. The quantitative estimate of drug-likeness (QED) is 0.910. The van der Waals surface area contributed by atoms with Crippen molar-refractivity contribution in [3.05, 3.63) is 59.4 Å². The fourth-order valence-electron chi connectivity index (χ4n) is 3.28. The number of hydrogen-bond acceptors (Lipinski definition) is 4. The first-order valence-electron chi connectivity index (χ1n) is 8.64. The molecule has 1 aliphatic heterocycles. The Balaban J connectivity index is 1.67. The van der Waals surface area contributed by atoms with Crippen molar-refractivity contribution in [3.63, 3.8) is 0 Å². The first kappa shape index (κ1) is 18.0. The average Bonchev–Trinajstić information content (AvgIpc) is 2.67. The van der Waals surface area contributed by atoms with E-state index in [1.807, 2.05) is 0 Å². The van der Waals surface area contributed by atoms with Crippen LogP contribution in [0.5, 0.6) is 0 Å². The van der Waals surface area contributed by atoms with Gasteiger partial charge in [0.05, 0.1) is 0 Å². The molecular weight excluding hydrogens is 335 g/mol. The van der Waals surface area contributed by atoms with Crippen molar-refractivity contribution < 1.29 is 14.0 Å². The summed E-state index contributed by atoms with van der Waals surface area (Å²) in [5.41, 5.74) is 1.49. The van der Waals surface area contributed by atoms with Gasteiger partial charge in [-0.05, 0) is 49.4 Å². The molecule has 2 amide bonds. The van der Waals surface area contributed by atoms with Crippen molar-refractivity contribution in [1.29, 1.82) is 0 Å². The number of amides is 2. The molecule has 136 valence electrons. The van der Waals surface area contributed by atoms with Gasteiger partial charge < -0.3 is 10.2 Å². The normalized spacial score (nSPS) is 17.0. The molecule has 0 radical (unpaired) electrons. The van der Waals surface area contributed by atoms with Crippen molar-refractivity contribution in [1.82, 2.24) is 20.2 Å². The number of carbonyl (C=O) groups excluding carboxylic acids is 2. The van der Waals surface area contributed by atoms with Crippen LogP contribution in [0.15, 0.2) is 36.7 Å². The number of nitrogens with zero attached hydrogens (tertiary/aromatic N) is 3. The lowest BCUT2D eigenvalue weighted by molar-refractivity contribution is 0.0672. The lowest BCUT2D eigenvalue weighted by Crippen LogP contribution is -2.40. The Kier molecular flexibility index (Phi) is 5.55. The number of benzene rings is 1. The first-order valence-corrected chi connectivity index (χ1v) is 8.64. The second kappa shape index (κ2) is 8.03. The van der Waals surface area contributed by atoms with Gasteiger partial charge in [-0.3, -0.25) is 9.59 Å². The Morgan fingerprint density at radius 1 is 1.31 bits per heavy atom. The van der Waals surface area contributed by atoms with E-state index < -0.39 is 5.82 Å². The molecule has 1 fully saturated rings. The van der Waals surface area contributed by atoms with Gasteiger partial charge in [0, 0.05) is 31.4 Å². The first-order chi connectivity index (χ1) is 12.6. The molecule has 0 spiro atoms. The van der Waals surface area contributed by atoms with E-state index in [9.17, 15) is 14.0 Å². The summed E-state index contributed by atoms with van der Waals surface area (Å²) in [6.45, 7) is 1.26. The summed E-state index contributed by atoms with van der Waals surface area (Å²) in [5, 5.41) is 2.54. The van der Waals surface area contributed by atoms with Crippen LogP contribution in [-0.2, 0) is 6.42 Å². The zero-order valence-corrected chi connectivity index (χ0v) is 14.6. The molecule has 0 aliphatic carbocycles. The molecule has 1 aromatic carbocycles. The molecule has 1 aliphatic rings. The monoisotopic (exact) mass is 356 g/mol. The molecule has 0 saturated carbocycles. The lowest BCUT2D eigenvalue weighted by Gasteiger charge is -2.32. The molecule has 1 aromatic heterocycles. The fourth-order valence-corrected chi connectivity index (χ4v) is 3.28. The van der Waals surface area contributed by atoms with Gasteiger partial charge in [-0.15, -0.1) is 0 Å². The van der Waals surface area contributed by atoms with Crippen molar-refractivity contribution in [2.75, 3.05) is 20.1 Å². The maximum absolute atomic E-state index is 13.4. The second-order valence-electron chi connectivity index (χ2n) is 6.45. The highest BCUT2D eigenvalue weighted by atomic mass is 19.1. The van der Waals surface area contributed by atoms with Crippen LogP contribution in [0.2, 0.25) is 0 Å². The molecule has 0 bridgehead atoms. The molecule has 1 N–H and O–H groups in total. The van der Waals surface area contributed by atoms with Crippen molar-refractivity contribution in [2.45, 2.75) is 19.3 Å². The van der Waals surface area contributed by atoms with Gasteiger partial charge >= 0.3 is 0 Å². The van der Waals surface area contributed by atoms with Crippen molar-refractivity contribution >= 4 is 11.8 Å². The number of carbonyl (C=O) groups is 2. The molecule has 26 heavy (non-hydrogen) atoms. The molecule has 3 rings (SSSR count). The summed E-state index contributed by atoms with van der Waals surface area (Å²) in [7, 11) is 1.56. The standard InChI is InChI=1S/C19H21FN4O2/c1-21-18(25)17-10-16(22-12-23-17)8-13-4-3-7-24(11-13)19(26)14-5-2-6-15(20)9-14/h2,5-6,9-10,12-13H,3-4,7-8,11H2,1H3,(H,21,25). The number of hydrogen-bond donors (Lipinski definition) is 1. The van der Waals surface area contributed by atoms with Crippen molar-refractivity contribution in [2.24, 2.45) is 5.92 Å². The molecule has 6 nitrogen and oxygen atoms in total. The average molecular weight is 356 g/mol. The van der Waals surface area contributed by atoms with E-state index in [2.05, 4.69) is 15.3 Å². The third-order valence-electron chi connectivity index (χ3n) is 4.56. The van der Waals surface area contributed by atoms with Gasteiger partial charge in [-0.2, -0.15) is 0 Å². The van der Waals surface area contributed by atoms with Crippen LogP contribution in [0.25, 0.3) is 0 Å². The maximum atomic E-state index is 13.4. The van der Waals surface area contributed by atoms with E-state index in [-0.39, 0.29) is 17.7 Å². The highest BCUT2D eigenvalue weighted by Crippen LogP contribution is 2.22. The third kappa shape index (κ3) is 4.22. The van der Waals surface area contributed by atoms with Crippen LogP contribution in [0.4, 0.5) is 4.39 Å². The Morgan fingerprint density at radius 2 is 2.15 bits per heavy atom. The van der Waals surface area contributed by atoms with Crippen LogP contribution in [-0.4, -0.2) is 46.8 Å². The van der Waals surface area contributed by atoms with Crippen LogP contribution in [0.3, 0.4) is 0 Å². The Hall–Kier alpha value is -2.83. The predicted octanol–water partition coefficient (Wildman–Crippen LogP) is 2.07. The van der Waals surface area contributed by atoms with E-state index in [1.165, 1.54) is 18.5 Å². The highest BCUT2D eigenvalue weighted by molar-refractivity contribution is 5.94. The lowest BCUT2D eigenvalue weighted by atomic mass is 9.92. The van der Waals surface area contributed by atoms with Crippen molar-refractivity contribution in [3.8, 4) is 0 Å². The van der Waals surface area contributed by atoms with Crippen LogP contribution < -0.4 is 5.32 Å². The SMILES string of the molecule is CNC(=O)c1cc(CC2CCCN(C(=O)c3cccc(F)c3)C2)ncn1. The Labute approximate surface area is 151 Å². The smallest absolute Gasteiger partial charge is 0.269 e. The molecule has 7 heteroatoms. The van der Waals surface area contributed by atoms with Crippen LogP contribution in [0, 0.1) is 11.7 Å². The van der Waals surface area contributed by atoms with Gasteiger partial charge in [0.25, 0.3) is 11.8 Å². The minimum atomic E-state index is -0.410. The predicted molar refractivity (Wildman–Crippen MR) is 94.2 cm³/mol. The number of likely N-dealkylation sites (tertiary alicyclic amines) is 1. The highest BCUT2D eigenvalue weighted by Gasteiger charge is 2.25. The topological polar surface area (TPSA) is 75.2 Å². The second-order valence-corrected chi connectivity index (χ2v) is 6.45. The zero-order chi connectivity index (χ0) is 18.5. The summed E-state index contributed by atoms with van der Waals surface area (Å²) >= 11 is 0. The Morgan fingerprint density at radius 3 is 2.92 bits per heavy atom. The number of halogens is 1. The van der Waals surface area contributed by atoms with E-state index in [0.717, 1.165) is 18.5 Å². The summed E-state index contributed by atoms with van der Waals surface area (Å²) in [6, 6.07) is 7.47. The summed E-state index contributed by atoms with van der Waals surface area (Å²) < 4.78 is 13.4. The Bertz CT molecular complexity index is 812. The third-order valence-corrected chi connectivity index (χ3v) is 4.56. The molecule has 2 aromatic rings. The van der Waals surface area contributed by atoms with Crippen LogP contribution >= 0.6 is 0 Å². The number of nitrogens with one attached hydrogen (secondary N) is 1. The fraction of sp³-hybridized carbons (Fsp3) is 0.368.